The van der Waals surface area contributed by atoms with Gasteiger partial charge in [0.15, 0.2) is 5.65 Å². The quantitative estimate of drug-likeness (QED) is 0.701. The third-order valence-corrected chi connectivity index (χ3v) is 4.07. The van der Waals surface area contributed by atoms with Gasteiger partial charge in [-0.05, 0) is 62.9 Å². The van der Waals surface area contributed by atoms with Crippen molar-refractivity contribution in [3.8, 4) is 5.75 Å². The topological polar surface area (TPSA) is 79.5 Å². The molecule has 130 valence electrons. The maximum absolute atomic E-state index is 12.4. The van der Waals surface area contributed by atoms with Crippen molar-refractivity contribution in [1.82, 2.24) is 19.9 Å². The van der Waals surface area contributed by atoms with Gasteiger partial charge >= 0.3 is 0 Å². The number of nitrogens with one attached hydrogen (secondary N) is 1. The molecule has 3 rings (SSSR count). The predicted octanol–water partition coefficient (Wildman–Crippen LogP) is 2.72. The van der Waals surface area contributed by atoms with Gasteiger partial charge in [0.25, 0.3) is 5.91 Å². The number of carbonyl (C=O) groups excluding carboxylic acids is 1. The van der Waals surface area contributed by atoms with Gasteiger partial charge in [0.05, 0.1) is 6.20 Å². The molecule has 0 aliphatic heterocycles. The number of hydrogen-bond acceptors (Lipinski definition) is 4. The van der Waals surface area contributed by atoms with Crippen LogP contribution in [0.1, 0.15) is 39.3 Å². The highest BCUT2D eigenvalue weighted by molar-refractivity contribution is 5.99. The molecule has 0 saturated carbocycles. The lowest BCUT2D eigenvalue weighted by Crippen LogP contribution is -2.24. The highest BCUT2D eigenvalue weighted by Crippen LogP contribution is 2.16. The van der Waals surface area contributed by atoms with Crippen molar-refractivity contribution >= 4 is 11.6 Å². The van der Waals surface area contributed by atoms with E-state index in [0.29, 0.717) is 17.8 Å². The van der Waals surface area contributed by atoms with E-state index < -0.39 is 0 Å². The van der Waals surface area contributed by atoms with E-state index in [4.69, 9.17) is 0 Å². The van der Waals surface area contributed by atoms with Crippen LogP contribution in [0.15, 0.2) is 30.5 Å². The number of rotatable bonds is 5. The Morgan fingerprint density at radius 1 is 1.20 bits per heavy atom. The fourth-order valence-electron chi connectivity index (χ4n) is 3.01. The summed E-state index contributed by atoms with van der Waals surface area (Å²) in [5.41, 5.74) is 4.97. The Kier molecular flexibility index (Phi) is 4.70. The summed E-state index contributed by atoms with van der Waals surface area (Å²) in [5.74, 6) is 0.113. The van der Waals surface area contributed by atoms with Gasteiger partial charge in [-0.15, -0.1) is 0 Å². The fraction of sp³-hybridized carbons (Fsp3) is 0.316. The summed E-state index contributed by atoms with van der Waals surface area (Å²) >= 11 is 0. The molecule has 0 radical (unpaired) electrons. The van der Waals surface area contributed by atoms with Gasteiger partial charge in [-0.25, -0.2) is 9.50 Å². The van der Waals surface area contributed by atoms with E-state index in [1.54, 1.807) is 22.8 Å². The number of benzene rings is 1. The summed E-state index contributed by atoms with van der Waals surface area (Å²) in [6, 6.07) is 7.46. The van der Waals surface area contributed by atoms with Crippen molar-refractivity contribution in [2.45, 2.75) is 33.6 Å². The lowest BCUT2D eigenvalue weighted by molar-refractivity contribution is 0.0954. The van der Waals surface area contributed by atoms with Crippen LogP contribution in [0.3, 0.4) is 0 Å². The molecular weight excluding hydrogens is 316 g/mol. The highest BCUT2D eigenvalue weighted by Gasteiger charge is 2.14. The maximum atomic E-state index is 12.4. The second kappa shape index (κ2) is 6.93. The molecule has 0 aliphatic rings. The van der Waals surface area contributed by atoms with Crippen molar-refractivity contribution in [1.29, 1.82) is 0 Å². The first-order chi connectivity index (χ1) is 11.9. The molecule has 0 atom stereocenters. The van der Waals surface area contributed by atoms with Crippen LogP contribution in [0.25, 0.3) is 5.65 Å². The second-order valence-electron chi connectivity index (χ2n) is 6.37. The van der Waals surface area contributed by atoms with Gasteiger partial charge in [0.1, 0.15) is 11.3 Å². The second-order valence-corrected chi connectivity index (χ2v) is 6.37. The Balaban J connectivity index is 1.61. The molecule has 6 heteroatoms. The molecular formula is C19H22N4O2. The van der Waals surface area contributed by atoms with Crippen LogP contribution in [0.2, 0.25) is 0 Å². The van der Waals surface area contributed by atoms with Crippen molar-refractivity contribution in [3.63, 3.8) is 0 Å². The Morgan fingerprint density at radius 3 is 2.76 bits per heavy atom. The number of phenolic OH excluding ortho intramolecular Hbond substituents is 1. The summed E-state index contributed by atoms with van der Waals surface area (Å²) in [7, 11) is 0. The average Bonchev–Trinajstić information content (AvgIpc) is 2.94. The van der Waals surface area contributed by atoms with Crippen LogP contribution in [0, 0.1) is 20.8 Å². The number of aryl methyl sites for hydroxylation is 4. The van der Waals surface area contributed by atoms with Crippen LogP contribution in [0.5, 0.6) is 5.75 Å². The summed E-state index contributed by atoms with van der Waals surface area (Å²) in [5, 5.41) is 16.8. The number of nitrogens with zero attached hydrogens (tertiary/aromatic N) is 3. The number of aromatic nitrogens is 3. The Hall–Kier alpha value is -2.89. The molecule has 0 fully saturated rings. The van der Waals surface area contributed by atoms with E-state index in [2.05, 4.69) is 15.4 Å². The van der Waals surface area contributed by atoms with Crippen LogP contribution >= 0.6 is 0 Å². The van der Waals surface area contributed by atoms with E-state index >= 15 is 0 Å². The zero-order chi connectivity index (χ0) is 18.0. The first kappa shape index (κ1) is 17.0. The number of aromatic hydroxyl groups is 1. The third-order valence-electron chi connectivity index (χ3n) is 4.07. The molecule has 0 aliphatic carbocycles. The number of amides is 1. The Morgan fingerprint density at radius 2 is 2.00 bits per heavy atom. The Bertz CT molecular complexity index is 910. The molecule has 2 heterocycles. The molecule has 0 bridgehead atoms. The molecule has 0 saturated heterocycles. The minimum absolute atomic E-state index is 0.167. The molecule has 0 unspecified atom stereocenters. The van der Waals surface area contributed by atoms with E-state index in [-0.39, 0.29) is 11.7 Å². The molecule has 25 heavy (non-hydrogen) atoms. The predicted molar refractivity (Wildman–Crippen MR) is 96.0 cm³/mol. The molecule has 2 aromatic heterocycles. The fourth-order valence-corrected chi connectivity index (χ4v) is 3.01. The monoisotopic (exact) mass is 338 g/mol. The number of fused-ring (bicyclic) bond motifs is 1. The first-order valence-corrected chi connectivity index (χ1v) is 8.34. The van der Waals surface area contributed by atoms with Gasteiger partial charge in [0, 0.05) is 17.9 Å². The molecule has 3 aromatic rings. The van der Waals surface area contributed by atoms with Crippen LogP contribution in [-0.2, 0) is 6.42 Å². The highest BCUT2D eigenvalue weighted by atomic mass is 16.3. The zero-order valence-corrected chi connectivity index (χ0v) is 14.7. The molecule has 1 aromatic carbocycles. The lowest BCUT2D eigenvalue weighted by atomic mass is 10.1. The SMILES string of the molecule is Cc1cc(O)cc(CCCNC(=O)c2cnn3c(C)cc(C)nc23)c1. The van der Waals surface area contributed by atoms with Crippen molar-refractivity contribution in [2.24, 2.45) is 0 Å². The summed E-state index contributed by atoms with van der Waals surface area (Å²) in [6.07, 6.45) is 3.14. The van der Waals surface area contributed by atoms with Gasteiger partial charge in [-0.3, -0.25) is 4.79 Å². The first-order valence-electron chi connectivity index (χ1n) is 8.34. The normalized spacial score (nSPS) is 11.0. The van der Waals surface area contributed by atoms with Gasteiger partial charge < -0.3 is 10.4 Å². The number of phenols is 1. The van der Waals surface area contributed by atoms with E-state index in [1.165, 1.54) is 0 Å². The number of hydrogen-bond donors (Lipinski definition) is 2. The third kappa shape index (κ3) is 3.79. The van der Waals surface area contributed by atoms with Crippen LogP contribution in [0.4, 0.5) is 0 Å². The molecule has 0 spiro atoms. The maximum Gasteiger partial charge on any atom is 0.256 e. The van der Waals surface area contributed by atoms with E-state index in [1.807, 2.05) is 32.9 Å². The zero-order valence-electron chi connectivity index (χ0n) is 14.7. The minimum atomic E-state index is -0.167. The summed E-state index contributed by atoms with van der Waals surface area (Å²) in [4.78, 5) is 16.8. The smallest absolute Gasteiger partial charge is 0.256 e. The summed E-state index contributed by atoms with van der Waals surface area (Å²) < 4.78 is 1.68. The molecule has 1 amide bonds. The summed E-state index contributed by atoms with van der Waals surface area (Å²) in [6.45, 7) is 6.34. The van der Waals surface area contributed by atoms with Gasteiger partial charge in [-0.2, -0.15) is 5.10 Å². The van der Waals surface area contributed by atoms with Crippen LogP contribution < -0.4 is 5.32 Å². The van der Waals surface area contributed by atoms with Crippen LogP contribution in [-0.4, -0.2) is 32.2 Å². The minimum Gasteiger partial charge on any atom is -0.508 e. The van der Waals surface area contributed by atoms with Crippen molar-refractivity contribution in [3.05, 3.63) is 58.5 Å². The number of carbonyl (C=O) groups is 1. The lowest BCUT2D eigenvalue weighted by Gasteiger charge is -2.06. The Labute approximate surface area is 146 Å². The average molecular weight is 338 g/mol. The largest absolute Gasteiger partial charge is 0.508 e. The van der Waals surface area contributed by atoms with Crippen molar-refractivity contribution in [2.75, 3.05) is 6.54 Å². The van der Waals surface area contributed by atoms with E-state index in [0.717, 1.165) is 35.4 Å². The standard InChI is InChI=1S/C19H22N4O2/c1-12-7-15(10-16(24)8-12)5-4-6-20-19(25)17-11-21-23-14(3)9-13(2)22-18(17)23/h7-11,24H,4-6H2,1-3H3,(H,20,25). The van der Waals surface area contributed by atoms with Crippen molar-refractivity contribution < 1.29 is 9.90 Å². The van der Waals surface area contributed by atoms with E-state index in [9.17, 15) is 9.90 Å². The van der Waals surface area contributed by atoms with Gasteiger partial charge in [-0.1, -0.05) is 6.07 Å². The molecule has 6 nitrogen and oxygen atoms in total. The van der Waals surface area contributed by atoms with Gasteiger partial charge in [0.2, 0.25) is 0 Å². The molecule has 2 N–H and O–H groups in total.